The predicted molar refractivity (Wildman–Crippen MR) is 60.2 cm³/mol. The summed E-state index contributed by atoms with van der Waals surface area (Å²) in [7, 11) is 1.43. The Hall–Kier alpha value is -1.88. The average molecular weight is 236 g/mol. The van der Waals surface area contributed by atoms with Crippen molar-refractivity contribution in [3.05, 3.63) is 47.8 Å². The Kier molecular flexibility index (Phi) is 3.39. The first-order valence-electron chi connectivity index (χ1n) is 5.18. The topological polar surface area (TPSA) is 47.3 Å². The van der Waals surface area contributed by atoms with E-state index in [0.717, 1.165) is 5.56 Å². The van der Waals surface area contributed by atoms with Crippen molar-refractivity contribution in [3.8, 4) is 5.75 Å². The predicted octanol–water partition coefficient (Wildman–Crippen LogP) is 1.57. The van der Waals surface area contributed by atoms with E-state index in [1.54, 1.807) is 29.1 Å². The summed E-state index contributed by atoms with van der Waals surface area (Å²) in [4.78, 5) is 3.98. The number of benzene rings is 1. The normalized spacial score (nSPS) is 10.5. The highest BCUT2D eigenvalue weighted by Crippen LogP contribution is 2.18. The lowest BCUT2D eigenvalue weighted by atomic mass is 10.2. The summed E-state index contributed by atoms with van der Waals surface area (Å²) in [5.74, 6) is 0.388. The lowest BCUT2D eigenvalue weighted by Crippen LogP contribution is -2.04. The molecule has 0 aliphatic carbocycles. The Morgan fingerprint density at radius 2 is 2.29 bits per heavy atom. The molecule has 1 aromatic heterocycles. The van der Waals surface area contributed by atoms with Crippen molar-refractivity contribution in [2.45, 2.75) is 13.2 Å². The molecular formula is C12H13FN2O2. The van der Waals surface area contributed by atoms with Crippen LogP contribution < -0.4 is 4.74 Å². The lowest BCUT2D eigenvalue weighted by molar-refractivity contribution is 0.266. The maximum Gasteiger partial charge on any atom is 0.165 e. The van der Waals surface area contributed by atoms with Crippen molar-refractivity contribution < 1.29 is 14.2 Å². The summed E-state index contributed by atoms with van der Waals surface area (Å²) >= 11 is 0. The lowest BCUT2D eigenvalue weighted by Gasteiger charge is -2.08. The smallest absolute Gasteiger partial charge is 0.165 e. The Balaban J connectivity index is 2.22. The van der Waals surface area contributed by atoms with Gasteiger partial charge in [-0.1, -0.05) is 6.07 Å². The minimum Gasteiger partial charge on any atom is -0.494 e. The number of methoxy groups -OCH3 is 1. The van der Waals surface area contributed by atoms with Gasteiger partial charge in [-0.25, -0.2) is 9.37 Å². The molecule has 2 rings (SSSR count). The Labute approximate surface area is 98.3 Å². The van der Waals surface area contributed by atoms with Gasteiger partial charge < -0.3 is 14.4 Å². The highest BCUT2D eigenvalue weighted by Gasteiger charge is 2.06. The van der Waals surface area contributed by atoms with E-state index in [1.807, 2.05) is 0 Å². The first-order chi connectivity index (χ1) is 8.24. The van der Waals surface area contributed by atoms with E-state index in [4.69, 9.17) is 9.84 Å². The molecule has 1 aromatic carbocycles. The number of hydrogen-bond acceptors (Lipinski definition) is 3. The number of nitrogens with zero attached hydrogens (tertiary/aromatic N) is 2. The molecule has 0 aliphatic rings. The van der Waals surface area contributed by atoms with Gasteiger partial charge in [0.2, 0.25) is 0 Å². The van der Waals surface area contributed by atoms with Crippen LogP contribution in [0.1, 0.15) is 11.4 Å². The minimum absolute atomic E-state index is 0.133. The van der Waals surface area contributed by atoms with Crippen LogP contribution in [-0.2, 0) is 13.2 Å². The molecule has 0 saturated heterocycles. The molecule has 5 heteroatoms. The van der Waals surface area contributed by atoms with Crippen molar-refractivity contribution in [1.82, 2.24) is 9.55 Å². The highest BCUT2D eigenvalue weighted by atomic mass is 19.1. The van der Waals surface area contributed by atoms with E-state index in [0.29, 0.717) is 12.4 Å². The van der Waals surface area contributed by atoms with Crippen LogP contribution in [0, 0.1) is 5.82 Å². The second kappa shape index (κ2) is 4.97. The van der Waals surface area contributed by atoms with Crippen molar-refractivity contribution >= 4 is 0 Å². The molecule has 0 fully saturated rings. The maximum absolute atomic E-state index is 13.5. The average Bonchev–Trinajstić information content (AvgIpc) is 2.76. The Morgan fingerprint density at radius 1 is 1.47 bits per heavy atom. The van der Waals surface area contributed by atoms with E-state index in [2.05, 4.69) is 4.98 Å². The summed E-state index contributed by atoms with van der Waals surface area (Å²) in [6.45, 7) is 0.336. The zero-order chi connectivity index (χ0) is 12.3. The summed E-state index contributed by atoms with van der Waals surface area (Å²) in [5, 5.41) is 9.04. The number of ether oxygens (including phenoxy) is 1. The third-order valence-corrected chi connectivity index (χ3v) is 2.51. The molecule has 0 spiro atoms. The standard InChI is InChI=1S/C12H13FN2O2/c1-17-11-3-2-9(6-10(11)13)7-15-5-4-14-12(15)8-16/h2-6,16H,7-8H2,1H3. The van der Waals surface area contributed by atoms with Crippen LogP contribution in [0.25, 0.3) is 0 Å². The fourth-order valence-electron chi connectivity index (χ4n) is 1.64. The fraction of sp³-hybridized carbons (Fsp3) is 0.250. The van der Waals surface area contributed by atoms with Crippen LogP contribution in [-0.4, -0.2) is 21.8 Å². The van der Waals surface area contributed by atoms with E-state index < -0.39 is 5.82 Å². The monoisotopic (exact) mass is 236 g/mol. The summed E-state index contributed by atoms with van der Waals surface area (Å²) in [5.41, 5.74) is 0.788. The van der Waals surface area contributed by atoms with Gasteiger partial charge >= 0.3 is 0 Å². The van der Waals surface area contributed by atoms with Crippen molar-refractivity contribution in [1.29, 1.82) is 0 Å². The van der Waals surface area contributed by atoms with Crippen molar-refractivity contribution in [2.75, 3.05) is 7.11 Å². The second-order valence-electron chi connectivity index (χ2n) is 3.60. The molecule has 0 unspecified atom stereocenters. The largest absolute Gasteiger partial charge is 0.494 e. The van der Waals surface area contributed by atoms with Crippen LogP contribution >= 0.6 is 0 Å². The van der Waals surface area contributed by atoms with E-state index >= 15 is 0 Å². The third-order valence-electron chi connectivity index (χ3n) is 2.51. The van der Waals surface area contributed by atoms with Gasteiger partial charge in [-0.05, 0) is 17.7 Å². The molecule has 17 heavy (non-hydrogen) atoms. The van der Waals surface area contributed by atoms with Crippen molar-refractivity contribution in [2.24, 2.45) is 0 Å². The number of aliphatic hydroxyl groups excluding tert-OH is 1. The summed E-state index contributed by atoms with van der Waals surface area (Å²) in [6.07, 6.45) is 3.35. The van der Waals surface area contributed by atoms with Crippen molar-refractivity contribution in [3.63, 3.8) is 0 Å². The van der Waals surface area contributed by atoms with Crippen LogP contribution in [0.2, 0.25) is 0 Å². The van der Waals surface area contributed by atoms with Crippen LogP contribution in [0.15, 0.2) is 30.6 Å². The molecule has 0 aliphatic heterocycles. The van der Waals surface area contributed by atoms with Crippen LogP contribution in [0.3, 0.4) is 0 Å². The number of aliphatic hydroxyl groups is 1. The number of imidazole rings is 1. The second-order valence-corrected chi connectivity index (χ2v) is 3.60. The number of aromatic nitrogens is 2. The number of halogens is 1. The molecule has 90 valence electrons. The molecule has 1 N–H and O–H groups in total. The van der Waals surface area contributed by atoms with Gasteiger partial charge in [-0.2, -0.15) is 0 Å². The SMILES string of the molecule is COc1ccc(Cn2ccnc2CO)cc1F. The molecule has 2 aromatic rings. The van der Waals surface area contributed by atoms with Gasteiger partial charge in [0.1, 0.15) is 12.4 Å². The van der Waals surface area contributed by atoms with Crippen LogP contribution in [0.4, 0.5) is 4.39 Å². The number of rotatable bonds is 4. The third kappa shape index (κ3) is 2.45. The molecule has 0 atom stereocenters. The van der Waals surface area contributed by atoms with E-state index in [9.17, 15) is 4.39 Å². The molecule has 0 saturated carbocycles. The molecule has 4 nitrogen and oxygen atoms in total. The molecule has 0 amide bonds. The quantitative estimate of drug-likeness (QED) is 0.876. The van der Waals surface area contributed by atoms with E-state index in [-0.39, 0.29) is 12.4 Å². The Bertz CT molecular complexity index is 511. The van der Waals surface area contributed by atoms with Crippen LogP contribution in [0.5, 0.6) is 5.75 Å². The zero-order valence-corrected chi connectivity index (χ0v) is 9.43. The summed E-state index contributed by atoms with van der Waals surface area (Å²) in [6, 6.07) is 4.78. The van der Waals surface area contributed by atoms with E-state index in [1.165, 1.54) is 13.2 Å². The van der Waals surface area contributed by atoms with Gasteiger partial charge in [-0.15, -0.1) is 0 Å². The van der Waals surface area contributed by atoms with Gasteiger partial charge in [0, 0.05) is 18.9 Å². The van der Waals surface area contributed by atoms with Gasteiger partial charge in [0.15, 0.2) is 11.6 Å². The maximum atomic E-state index is 13.5. The molecular weight excluding hydrogens is 223 g/mol. The first-order valence-corrected chi connectivity index (χ1v) is 5.18. The molecule has 1 heterocycles. The molecule has 0 bridgehead atoms. The Morgan fingerprint density at radius 3 is 2.94 bits per heavy atom. The van der Waals surface area contributed by atoms with Gasteiger partial charge in [0.25, 0.3) is 0 Å². The fourth-order valence-corrected chi connectivity index (χ4v) is 1.64. The number of hydrogen-bond donors (Lipinski definition) is 1. The minimum atomic E-state index is -0.393. The van der Waals surface area contributed by atoms with Gasteiger partial charge in [0.05, 0.1) is 7.11 Å². The molecule has 0 radical (unpaired) electrons. The summed E-state index contributed by atoms with van der Waals surface area (Å²) < 4.78 is 20.1. The first kappa shape index (κ1) is 11.6. The van der Waals surface area contributed by atoms with Gasteiger partial charge in [-0.3, -0.25) is 0 Å². The zero-order valence-electron chi connectivity index (χ0n) is 9.43. The highest BCUT2D eigenvalue weighted by molar-refractivity contribution is 5.29.